The first-order valence-corrected chi connectivity index (χ1v) is 21.3. The first kappa shape index (κ1) is 44.3. The lowest BCUT2D eigenvalue weighted by Crippen LogP contribution is -2.55. The zero-order valence-corrected chi connectivity index (χ0v) is 34.3. The van der Waals surface area contributed by atoms with Gasteiger partial charge in [-0.05, 0) is 64.1 Å². The molecule has 320 valence electrons. The van der Waals surface area contributed by atoms with Crippen LogP contribution >= 0.6 is 0 Å². The fourth-order valence-electron chi connectivity index (χ4n) is 6.64. The molecule has 4 aromatic carbocycles. The molecule has 3 aliphatic rings. The monoisotopic (exact) mass is 858 g/mol. The van der Waals surface area contributed by atoms with E-state index in [1.807, 2.05) is 0 Å². The van der Waals surface area contributed by atoms with Crippen molar-refractivity contribution in [1.82, 2.24) is 31.0 Å². The molecule has 62 heavy (non-hydrogen) atoms. The summed E-state index contributed by atoms with van der Waals surface area (Å²) < 4.78 is 29.8. The van der Waals surface area contributed by atoms with Gasteiger partial charge in [0.05, 0.1) is 24.2 Å². The van der Waals surface area contributed by atoms with Crippen LogP contribution in [0.15, 0.2) is 115 Å². The van der Waals surface area contributed by atoms with E-state index in [9.17, 15) is 37.5 Å². The van der Waals surface area contributed by atoms with E-state index in [0.717, 1.165) is 11.1 Å². The highest BCUT2D eigenvalue weighted by atomic mass is 32.2. The third-order valence-electron chi connectivity index (χ3n) is 10.0. The molecule has 0 radical (unpaired) electrons. The van der Waals surface area contributed by atoms with Crippen molar-refractivity contribution in [2.24, 2.45) is 5.73 Å². The smallest absolute Gasteiger partial charge is 0.335 e. The minimum absolute atomic E-state index is 0.00619. The summed E-state index contributed by atoms with van der Waals surface area (Å²) in [6.07, 6.45) is -0.0950. The summed E-state index contributed by atoms with van der Waals surface area (Å²) in [6.45, 7) is 0.455. The van der Waals surface area contributed by atoms with E-state index in [-0.39, 0.29) is 74.1 Å². The Morgan fingerprint density at radius 1 is 0.710 bits per heavy atom. The maximum absolute atomic E-state index is 14.3. The lowest BCUT2D eigenvalue weighted by molar-refractivity contribution is -0.129. The Morgan fingerprint density at radius 3 is 1.74 bits per heavy atom. The second kappa shape index (κ2) is 20.3. The number of aromatic nitrogens is 1. The van der Waals surface area contributed by atoms with Gasteiger partial charge in [0.25, 0.3) is 0 Å². The van der Waals surface area contributed by atoms with Crippen LogP contribution in [0.25, 0.3) is 0 Å². The number of nitrogens with two attached hydrogens (primary N) is 1. The molecule has 4 heterocycles. The SMILES string of the molecule is N=C(N)c1ccc(CNC(=O)[C@@H]2Cc3ccc(cc3)CNC(=O)Cc3cccc(n3)CC(=O)NCc3ccc(cc3)C[C@@H](NS(=O)(=O)Cc3ccc(C(=O)O)cc3)C(=O)N2)cc1. The fraction of sp³-hybridized carbons (Fsp3) is 0.222. The molecule has 17 heteroatoms. The van der Waals surface area contributed by atoms with Gasteiger partial charge in [-0.3, -0.25) is 29.6 Å². The number of carbonyl (C=O) groups excluding carboxylic acids is 4. The number of benzene rings is 4. The highest BCUT2D eigenvalue weighted by molar-refractivity contribution is 7.88. The zero-order valence-electron chi connectivity index (χ0n) is 33.5. The molecule has 0 fully saturated rings. The van der Waals surface area contributed by atoms with E-state index in [4.69, 9.17) is 11.1 Å². The third kappa shape index (κ3) is 13.1. The first-order chi connectivity index (χ1) is 29.7. The average molecular weight is 859 g/mol. The molecule has 3 aliphatic heterocycles. The number of nitrogen functional groups attached to an aromatic ring is 1. The van der Waals surface area contributed by atoms with Gasteiger partial charge in [-0.1, -0.05) is 91.0 Å². The normalized spacial score (nSPS) is 16.5. The van der Waals surface area contributed by atoms with E-state index in [1.54, 1.807) is 91.0 Å². The topological polar surface area (TPSA) is 263 Å². The Balaban J connectivity index is 1.29. The number of amides is 4. The van der Waals surface area contributed by atoms with Crippen LogP contribution in [-0.2, 0) is 80.3 Å². The predicted octanol–water partition coefficient (Wildman–Crippen LogP) is 2.17. The van der Waals surface area contributed by atoms with Gasteiger partial charge in [0.15, 0.2) is 0 Å². The number of fused-ring (bicyclic) bond motifs is 2. The van der Waals surface area contributed by atoms with Crippen molar-refractivity contribution in [3.8, 4) is 0 Å². The lowest BCUT2D eigenvalue weighted by atomic mass is 10.0. The Hall–Kier alpha value is -7.24. The van der Waals surface area contributed by atoms with Crippen LogP contribution in [0, 0.1) is 5.41 Å². The van der Waals surface area contributed by atoms with Crippen molar-refractivity contribution in [3.63, 3.8) is 0 Å². The highest BCUT2D eigenvalue weighted by Crippen LogP contribution is 2.14. The Labute approximate surface area is 358 Å². The van der Waals surface area contributed by atoms with Gasteiger partial charge in [0.1, 0.15) is 17.9 Å². The zero-order chi connectivity index (χ0) is 44.2. The van der Waals surface area contributed by atoms with Crippen LogP contribution in [-0.4, -0.2) is 66.0 Å². The summed E-state index contributed by atoms with van der Waals surface area (Å²) in [6, 6.07) is 28.7. The van der Waals surface area contributed by atoms with Crippen molar-refractivity contribution < 1.29 is 37.5 Å². The predicted molar refractivity (Wildman–Crippen MR) is 230 cm³/mol. The van der Waals surface area contributed by atoms with Gasteiger partial charge in [-0.2, -0.15) is 0 Å². The van der Waals surface area contributed by atoms with E-state index in [1.165, 1.54) is 24.3 Å². The number of sulfonamides is 1. The van der Waals surface area contributed by atoms with Crippen molar-refractivity contribution in [2.45, 2.75) is 63.2 Å². The molecule has 0 aliphatic carbocycles. The Bertz CT molecular complexity index is 2550. The number of amidine groups is 1. The molecule has 2 atom stereocenters. The van der Waals surface area contributed by atoms with Crippen LogP contribution in [0.3, 0.4) is 0 Å². The molecule has 0 saturated heterocycles. The minimum atomic E-state index is -4.23. The average Bonchev–Trinajstić information content (AvgIpc) is 3.24. The van der Waals surface area contributed by atoms with E-state index < -0.39 is 45.6 Å². The molecule has 9 N–H and O–H groups in total. The minimum Gasteiger partial charge on any atom is -0.478 e. The lowest BCUT2D eigenvalue weighted by Gasteiger charge is -2.24. The summed E-state index contributed by atoms with van der Waals surface area (Å²) in [5, 5.41) is 28.3. The Kier molecular flexibility index (Phi) is 14.5. The number of nitrogens with one attached hydrogen (secondary N) is 6. The first-order valence-electron chi connectivity index (χ1n) is 19.7. The number of carboxylic acids is 1. The molecule has 4 amide bonds. The summed E-state index contributed by atoms with van der Waals surface area (Å²) in [7, 11) is -4.23. The van der Waals surface area contributed by atoms with E-state index >= 15 is 0 Å². The van der Waals surface area contributed by atoms with Gasteiger partial charge in [0.2, 0.25) is 33.7 Å². The number of hydrogen-bond donors (Lipinski definition) is 8. The van der Waals surface area contributed by atoms with E-state index in [2.05, 4.69) is 31.0 Å². The largest absolute Gasteiger partial charge is 0.478 e. The van der Waals surface area contributed by atoms with Crippen LogP contribution in [0.5, 0.6) is 0 Å². The van der Waals surface area contributed by atoms with Crippen molar-refractivity contribution in [2.75, 3.05) is 0 Å². The van der Waals surface area contributed by atoms with Crippen LogP contribution in [0.2, 0.25) is 0 Å². The molecule has 0 saturated carbocycles. The van der Waals surface area contributed by atoms with Crippen LogP contribution in [0.1, 0.15) is 60.7 Å². The van der Waals surface area contributed by atoms with Crippen LogP contribution in [0.4, 0.5) is 0 Å². The standard InChI is InChI=1S/C45H46N8O8S/c46-42(47)34-16-12-32(13-17-34)26-50-43(56)38-20-28-4-8-30(9-5-28)24-48-40(54)22-36-2-1-3-37(51-36)23-41(55)49-25-31-10-6-29(7-11-31)21-39(44(57)52-38)53-62(60,61)27-33-14-18-35(19-15-33)45(58)59/h1-19,38-39,53H,20-27H2,(H3,46,47)(H,48,54)(H,49,55)(H,50,56)(H,52,57)(H,58,59)/t38-,39+/m0/s1. The molecule has 6 bridgehead atoms. The molecule has 1 aromatic heterocycles. The highest BCUT2D eigenvalue weighted by Gasteiger charge is 2.30. The van der Waals surface area contributed by atoms with E-state index in [0.29, 0.717) is 33.6 Å². The van der Waals surface area contributed by atoms with Gasteiger partial charge in [-0.15, -0.1) is 0 Å². The van der Waals surface area contributed by atoms with Gasteiger partial charge in [-0.25, -0.2) is 17.9 Å². The number of nitrogens with zero attached hydrogens (tertiary/aromatic N) is 1. The maximum Gasteiger partial charge on any atom is 0.335 e. The number of hydrogen-bond acceptors (Lipinski definition) is 9. The van der Waals surface area contributed by atoms with Gasteiger partial charge >= 0.3 is 5.97 Å². The number of rotatable bonds is 9. The van der Waals surface area contributed by atoms with Crippen LogP contribution < -0.4 is 31.7 Å². The number of carbonyl (C=O) groups is 5. The summed E-state index contributed by atoms with van der Waals surface area (Å²) in [4.78, 5) is 69.8. The molecule has 8 rings (SSSR count). The Morgan fingerprint density at radius 2 is 1.21 bits per heavy atom. The molecule has 16 nitrogen and oxygen atoms in total. The summed E-state index contributed by atoms with van der Waals surface area (Å²) >= 11 is 0. The molecule has 0 unspecified atom stereocenters. The second-order valence-corrected chi connectivity index (χ2v) is 16.6. The fourth-order valence-corrected chi connectivity index (χ4v) is 7.98. The summed E-state index contributed by atoms with van der Waals surface area (Å²) in [5.41, 5.74) is 10.8. The number of aromatic carboxylic acids is 1. The van der Waals surface area contributed by atoms with Crippen molar-refractivity contribution in [1.29, 1.82) is 5.41 Å². The number of pyridine rings is 1. The number of carboxylic acid groups (broad SMARTS) is 1. The molecular formula is C45H46N8O8S. The van der Waals surface area contributed by atoms with Gasteiger partial charge < -0.3 is 32.1 Å². The van der Waals surface area contributed by atoms with Gasteiger partial charge in [0, 0.05) is 43.0 Å². The van der Waals surface area contributed by atoms with Crippen molar-refractivity contribution >= 4 is 45.5 Å². The van der Waals surface area contributed by atoms with Crippen molar-refractivity contribution in [3.05, 3.63) is 171 Å². The molecular weight excluding hydrogens is 813 g/mol. The molecule has 0 spiro atoms. The third-order valence-corrected chi connectivity index (χ3v) is 11.4. The summed E-state index contributed by atoms with van der Waals surface area (Å²) in [5.74, 6) is -3.72. The molecule has 5 aromatic rings. The second-order valence-electron chi connectivity index (χ2n) is 14.9. The quantitative estimate of drug-likeness (QED) is 0.0791. The maximum atomic E-state index is 14.3.